The number of sulfonamides is 1. The molecule has 0 spiro atoms. The number of carboxylic acids is 1. The summed E-state index contributed by atoms with van der Waals surface area (Å²) in [6.45, 7) is 2.29. The van der Waals surface area contributed by atoms with Crippen molar-refractivity contribution in [3.63, 3.8) is 0 Å². The van der Waals surface area contributed by atoms with Crippen molar-refractivity contribution in [2.75, 3.05) is 6.54 Å². The number of benzene rings is 1. The maximum atomic E-state index is 12.3. The summed E-state index contributed by atoms with van der Waals surface area (Å²) in [5.74, 6) is -1.33. The third-order valence-corrected chi connectivity index (χ3v) is 5.94. The highest BCUT2D eigenvalue weighted by Gasteiger charge is 2.33. The molecule has 1 fully saturated rings. The first-order valence-electron chi connectivity index (χ1n) is 6.37. The summed E-state index contributed by atoms with van der Waals surface area (Å²) >= 11 is 11.7. The van der Waals surface area contributed by atoms with Crippen molar-refractivity contribution in [1.82, 2.24) is 4.72 Å². The first kappa shape index (κ1) is 16.5. The van der Waals surface area contributed by atoms with Crippen LogP contribution in [0, 0.1) is 5.41 Å². The van der Waals surface area contributed by atoms with Crippen molar-refractivity contribution < 1.29 is 18.3 Å². The van der Waals surface area contributed by atoms with Crippen molar-refractivity contribution >= 4 is 39.2 Å². The molecule has 2 rings (SSSR count). The smallest absolute Gasteiger partial charge is 0.337 e. The molecule has 5 nitrogen and oxygen atoms in total. The number of rotatable bonds is 5. The second-order valence-corrected chi connectivity index (χ2v) is 8.11. The van der Waals surface area contributed by atoms with Crippen molar-refractivity contribution in [3.8, 4) is 0 Å². The van der Waals surface area contributed by atoms with Crippen LogP contribution in [0.4, 0.5) is 0 Å². The first-order chi connectivity index (χ1) is 9.65. The number of carboxylic acid groups (broad SMARTS) is 1. The summed E-state index contributed by atoms with van der Waals surface area (Å²) in [7, 11) is -3.91. The molecule has 0 amide bonds. The molecule has 0 aromatic heterocycles. The van der Waals surface area contributed by atoms with E-state index in [4.69, 9.17) is 28.3 Å². The zero-order chi connectivity index (χ0) is 15.8. The number of nitrogens with one attached hydrogen (secondary N) is 1. The molecule has 1 saturated carbocycles. The topological polar surface area (TPSA) is 83.5 Å². The van der Waals surface area contributed by atoms with Gasteiger partial charge in [0.2, 0.25) is 10.0 Å². The number of hydrogen-bond acceptors (Lipinski definition) is 3. The third kappa shape index (κ3) is 3.51. The quantitative estimate of drug-likeness (QED) is 0.853. The van der Waals surface area contributed by atoms with E-state index in [0.29, 0.717) is 6.54 Å². The predicted molar refractivity (Wildman–Crippen MR) is 80.6 cm³/mol. The molecular weight excluding hydrogens is 337 g/mol. The summed E-state index contributed by atoms with van der Waals surface area (Å²) in [4.78, 5) is 10.8. The lowest BCUT2D eigenvalue weighted by molar-refractivity contribution is 0.0697. The standard InChI is InChI=1S/C13H15Cl2NO4S/c1-13(3-2-4-13)7-16-21(19,20)10-6-8(14)5-9(11(10)15)12(17)18/h5-6,16H,2-4,7H2,1H3,(H,17,18). The molecule has 116 valence electrons. The van der Waals surface area contributed by atoms with Crippen LogP contribution in [-0.4, -0.2) is 26.0 Å². The highest BCUT2D eigenvalue weighted by atomic mass is 35.5. The summed E-state index contributed by atoms with van der Waals surface area (Å²) in [6.07, 6.45) is 3.00. The van der Waals surface area contributed by atoms with E-state index in [-0.39, 0.29) is 25.9 Å². The number of hydrogen-bond donors (Lipinski definition) is 2. The lowest BCUT2D eigenvalue weighted by Gasteiger charge is -2.38. The van der Waals surface area contributed by atoms with E-state index in [0.717, 1.165) is 31.4 Å². The van der Waals surface area contributed by atoms with Gasteiger partial charge >= 0.3 is 5.97 Å². The van der Waals surface area contributed by atoms with Gasteiger partial charge in [-0.05, 0) is 30.4 Å². The molecular formula is C13H15Cl2NO4S. The molecule has 21 heavy (non-hydrogen) atoms. The molecule has 0 saturated heterocycles. The molecule has 1 aromatic rings. The van der Waals surface area contributed by atoms with E-state index in [2.05, 4.69) is 4.72 Å². The minimum absolute atomic E-state index is 0.00651. The van der Waals surface area contributed by atoms with Gasteiger partial charge in [-0.2, -0.15) is 0 Å². The Morgan fingerprint density at radius 3 is 2.48 bits per heavy atom. The Hall–Kier alpha value is -0.820. The zero-order valence-electron chi connectivity index (χ0n) is 11.3. The average molecular weight is 352 g/mol. The van der Waals surface area contributed by atoms with Gasteiger partial charge in [0.1, 0.15) is 4.90 Å². The van der Waals surface area contributed by atoms with Gasteiger partial charge in [-0.15, -0.1) is 0 Å². The van der Waals surface area contributed by atoms with Crippen LogP contribution in [0.2, 0.25) is 10.0 Å². The summed E-state index contributed by atoms with van der Waals surface area (Å²) in [5.41, 5.74) is -0.382. The summed E-state index contributed by atoms with van der Waals surface area (Å²) < 4.78 is 27.1. The second-order valence-electron chi connectivity index (χ2n) is 5.56. The van der Waals surface area contributed by atoms with Crippen LogP contribution in [0.5, 0.6) is 0 Å². The van der Waals surface area contributed by atoms with E-state index < -0.39 is 16.0 Å². The fourth-order valence-corrected chi connectivity index (χ4v) is 4.32. The largest absolute Gasteiger partial charge is 0.478 e. The van der Waals surface area contributed by atoms with E-state index in [1.165, 1.54) is 0 Å². The maximum absolute atomic E-state index is 12.3. The molecule has 1 aliphatic rings. The lowest BCUT2D eigenvalue weighted by atomic mass is 9.71. The van der Waals surface area contributed by atoms with Crippen molar-refractivity contribution in [2.45, 2.75) is 31.1 Å². The molecule has 0 unspecified atom stereocenters. The minimum Gasteiger partial charge on any atom is -0.478 e. The van der Waals surface area contributed by atoms with E-state index in [9.17, 15) is 13.2 Å². The first-order valence-corrected chi connectivity index (χ1v) is 8.61. The Morgan fingerprint density at radius 2 is 2.00 bits per heavy atom. The van der Waals surface area contributed by atoms with Gasteiger partial charge in [0.25, 0.3) is 0 Å². The molecule has 0 heterocycles. The van der Waals surface area contributed by atoms with Gasteiger partial charge in [-0.25, -0.2) is 17.9 Å². The Labute approximate surface area is 133 Å². The summed E-state index contributed by atoms with van der Waals surface area (Å²) in [5, 5.41) is 8.70. The average Bonchev–Trinajstić information content (AvgIpc) is 2.36. The maximum Gasteiger partial charge on any atom is 0.337 e. The molecule has 0 aliphatic heterocycles. The number of halogens is 2. The van der Waals surface area contributed by atoms with Crippen molar-refractivity contribution in [3.05, 3.63) is 27.7 Å². The monoisotopic (exact) mass is 351 g/mol. The predicted octanol–water partition coefficient (Wildman–Crippen LogP) is 3.16. The third-order valence-electron chi connectivity index (χ3n) is 3.77. The fraction of sp³-hybridized carbons (Fsp3) is 0.462. The Balaban J connectivity index is 2.33. The van der Waals surface area contributed by atoms with Crippen LogP contribution in [0.15, 0.2) is 17.0 Å². The van der Waals surface area contributed by atoms with Gasteiger partial charge in [-0.1, -0.05) is 36.5 Å². The van der Waals surface area contributed by atoms with Crippen LogP contribution < -0.4 is 4.72 Å². The van der Waals surface area contributed by atoms with Crippen molar-refractivity contribution in [1.29, 1.82) is 0 Å². The molecule has 0 atom stereocenters. The van der Waals surface area contributed by atoms with E-state index in [1.807, 2.05) is 6.92 Å². The van der Waals surface area contributed by atoms with Gasteiger partial charge in [-0.3, -0.25) is 0 Å². The fourth-order valence-electron chi connectivity index (χ4n) is 2.22. The van der Waals surface area contributed by atoms with Gasteiger partial charge in [0.05, 0.1) is 10.6 Å². The molecule has 8 heteroatoms. The van der Waals surface area contributed by atoms with Crippen LogP contribution >= 0.6 is 23.2 Å². The van der Waals surface area contributed by atoms with Gasteiger partial charge in [0, 0.05) is 11.6 Å². The van der Waals surface area contributed by atoms with Crippen LogP contribution in [-0.2, 0) is 10.0 Å². The SMILES string of the molecule is CC1(CNS(=O)(=O)c2cc(Cl)cc(C(=O)O)c2Cl)CCC1. The Morgan fingerprint density at radius 1 is 1.38 bits per heavy atom. The van der Waals surface area contributed by atoms with Crippen molar-refractivity contribution in [2.24, 2.45) is 5.41 Å². The van der Waals surface area contributed by atoms with Gasteiger partial charge < -0.3 is 5.11 Å². The van der Waals surface area contributed by atoms with Crippen LogP contribution in [0.3, 0.4) is 0 Å². The highest BCUT2D eigenvalue weighted by Crippen LogP contribution is 2.40. The molecule has 0 bridgehead atoms. The molecule has 0 radical (unpaired) electrons. The molecule has 1 aromatic carbocycles. The highest BCUT2D eigenvalue weighted by molar-refractivity contribution is 7.89. The molecule has 1 aliphatic carbocycles. The van der Waals surface area contributed by atoms with Gasteiger partial charge in [0.15, 0.2) is 0 Å². The number of carbonyl (C=O) groups is 1. The zero-order valence-corrected chi connectivity index (χ0v) is 13.6. The normalized spacial score (nSPS) is 17.3. The second kappa shape index (κ2) is 5.76. The van der Waals surface area contributed by atoms with E-state index in [1.54, 1.807) is 0 Å². The minimum atomic E-state index is -3.91. The van der Waals surface area contributed by atoms with E-state index >= 15 is 0 Å². The van der Waals surface area contributed by atoms with Crippen LogP contribution in [0.1, 0.15) is 36.5 Å². The van der Waals surface area contributed by atoms with Crippen LogP contribution in [0.25, 0.3) is 0 Å². The summed E-state index contributed by atoms with van der Waals surface area (Å²) in [6, 6.07) is 2.28. The number of aromatic carboxylic acids is 1. The Kier molecular flexibility index (Phi) is 4.54. The Bertz CT molecular complexity index is 684. The molecule has 2 N–H and O–H groups in total. The lowest BCUT2D eigenvalue weighted by Crippen LogP contribution is -2.40.